The first-order valence-corrected chi connectivity index (χ1v) is 8.78. The van der Waals surface area contributed by atoms with Crippen LogP contribution in [0.2, 0.25) is 0 Å². The highest BCUT2D eigenvalue weighted by atomic mass is 19.1. The number of amides is 1. The SMILES string of the molecule is COc1cc(C)ccc1Oc1ccc(F)cc1NC(=O)CC1COCCN1. The number of benzene rings is 2. The number of ether oxygens (including phenoxy) is 3. The Hall–Kier alpha value is -2.64. The van der Waals surface area contributed by atoms with E-state index in [0.29, 0.717) is 37.0 Å². The van der Waals surface area contributed by atoms with Crippen LogP contribution < -0.4 is 20.1 Å². The van der Waals surface area contributed by atoms with Gasteiger partial charge in [0.25, 0.3) is 0 Å². The molecule has 7 heteroatoms. The molecule has 1 aliphatic heterocycles. The van der Waals surface area contributed by atoms with Gasteiger partial charge in [-0.3, -0.25) is 4.79 Å². The molecule has 3 rings (SSSR count). The summed E-state index contributed by atoms with van der Waals surface area (Å²) in [6.45, 7) is 3.76. The number of carbonyl (C=O) groups is 1. The van der Waals surface area contributed by atoms with Crippen molar-refractivity contribution in [1.29, 1.82) is 0 Å². The molecule has 2 aromatic rings. The second-order valence-corrected chi connectivity index (χ2v) is 6.38. The van der Waals surface area contributed by atoms with Crippen molar-refractivity contribution in [2.75, 3.05) is 32.2 Å². The highest BCUT2D eigenvalue weighted by Gasteiger charge is 2.19. The van der Waals surface area contributed by atoms with Crippen LogP contribution in [0.1, 0.15) is 12.0 Å². The number of nitrogens with one attached hydrogen (secondary N) is 2. The minimum Gasteiger partial charge on any atom is -0.493 e. The predicted octanol–water partition coefficient (Wildman–Crippen LogP) is 3.25. The van der Waals surface area contributed by atoms with E-state index in [0.717, 1.165) is 5.56 Å². The Labute approximate surface area is 157 Å². The van der Waals surface area contributed by atoms with Crippen molar-refractivity contribution in [3.05, 3.63) is 47.8 Å². The molecule has 0 aromatic heterocycles. The van der Waals surface area contributed by atoms with E-state index in [1.165, 1.54) is 18.2 Å². The minimum absolute atomic E-state index is 0.0612. The van der Waals surface area contributed by atoms with Gasteiger partial charge in [0, 0.05) is 25.1 Å². The third-order valence-corrected chi connectivity index (χ3v) is 4.18. The molecule has 1 fully saturated rings. The standard InChI is InChI=1S/C20H23FN2O4/c1-13-3-5-18(19(9-13)25-2)27-17-6-4-14(21)10-16(17)23-20(24)11-15-12-26-8-7-22-15/h3-6,9-10,15,22H,7-8,11-12H2,1-2H3,(H,23,24). The van der Waals surface area contributed by atoms with E-state index in [9.17, 15) is 9.18 Å². The Bertz CT molecular complexity index is 807. The normalized spacial score (nSPS) is 16.6. The topological polar surface area (TPSA) is 68.8 Å². The number of carbonyl (C=O) groups excluding carboxylic acids is 1. The first kappa shape index (κ1) is 19.1. The van der Waals surface area contributed by atoms with Gasteiger partial charge in [-0.2, -0.15) is 0 Å². The van der Waals surface area contributed by atoms with Crippen molar-refractivity contribution >= 4 is 11.6 Å². The molecule has 0 spiro atoms. The zero-order valence-corrected chi connectivity index (χ0v) is 15.4. The number of anilines is 1. The van der Waals surface area contributed by atoms with E-state index in [1.54, 1.807) is 13.2 Å². The fourth-order valence-corrected chi connectivity index (χ4v) is 2.84. The summed E-state index contributed by atoms with van der Waals surface area (Å²) in [4.78, 5) is 12.4. The third kappa shape index (κ3) is 5.18. The number of hydrogen-bond acceptors (Lipinski definition) is 5. The number of hydrogen-bond donors (Lipinski definition) is 2. The first-order valence-electron chi connectivity index (χ1n) is 8.78. The number of morpholine rings is 1. The smallest absolute Gasteiger partial charge is 0.226 e. The van der Waals surface area contributed by atoms with Gasteiger partial charge in [0.05, 0.1) is 26.0 Å². The lowest BCUT2D eigenvalue weighted by molar-refractivity contribution is -0.117. The van der Waals surface area contributed by atoms with Gasteiger partial charge < -0.3 is 24.8 Å². The van der Waals surface area contributed by atoms with E-state index in [4.69, 9.17) is 14.2 Å². The van der Waals surface area contributed by atoms with Crippen LogP contribution in [0.4, 0.5) is 10.1 Å². The quantitative estimate of drug-likeness (QED) is 0.812. The maximum atomic E-state index is 13.7. The van der Waals surface area contributed by atoms with E-state index < -0.39 is 5.82 Å². The number of rotatable bonds is 6. The van der Waals surface area contributed by atoms with Crippen LogP contribution in [-0.2, 0) is 9.53 Å². The Morgan fingerprint density at radius 2 is 2.07 bits per heavy atom. The van der Waals surface area contributed by atoms with Crippen molar-refractivity contribution < 1.29 is 23.4 Å². The molecule has 0 radical (unpaired) electrons. The van der Waals surface area contributed by atoms with Gasteiger partial charge in [0.1, 0.15) is 5.82 Å². The Kier molecular flexibility index (Phi) is 6.26. The van der Waals surface area contributed by atoms with Gasteiger partial charge >= 0.3 is 0 Å². The minimum atomic E-state index is -0.465. The van der Waals surface area contributed by atoms with E-state index >= 15 is 0 Å². The summed E-state index contributed by atoms with van der Waals surface area (Å²) < 4.78 is 30.3. The molecular formula is C20H23FN2O4. The molecule has 0 aliphatic carbocycles. The molecule has 144 valence electrons. The largest absolute Gasteiger partial charge is 0.493 e. The summed E-state index contributed by atoms with van der Waals surface area (Å²) in [6, 6.07) is 9.42. The second-order valence-electron chi connectivity index (χ2n) is 6.38. The summed E-state index contributed by atoms with van der Waals surface area (Å²) in [7, 11) is 1.55. The van der Waals surface area contributed by atoms with Crippen molar-refractivity contribution in [2.24, 2.45) is 0 Å². The van der Waals surface area contributed by atoms with Crippen LogP contribution in [0.25, 0.3) is 0 Å². The average molecular weight is 374 g/mol. The van der Waals surface area contributed by atoms with Gasteiger partial charge in [0.2, 0.25) is 5.91 Å². The van der Waals surface area contributed by atoms with Crippen LogP contribution in [0.15, 0.2) is 36.4 Å². The average Bonchev–Trinajstić information content (AvgIpc) is 2.65. The molecule has 27 heavy (non-hydrogen) atoms. The van der Waals surface area contributed by atoms with Crippen LogP contribution in [-0.4, -0.2) is 38.8 Å². The van der Waals surface area contributed by atoms with Gasteiger partial charge in [-0.1, -0.05) is 6.07 Å². The maximum absolute atomic E-state index is 13.7. The molecule has 1 atom stereocenters. The number of methoxy groups -OCH3 is 1. The highest BCUT2D eigenvalue weighted by Crippen LogP contribution is 2.36. The van der Waals surface area contributed by atoms with Crippen molar-refractivity contribution in [3.63, 3.8) is 0 Å². The monoisotopic (exact) mass is 374 g/mol. The number of halogens is 1. The lowest BCUT2D eigenvalue weighted by Crippen LogP contribution is -2.43. The van der Waals surface area contributed by atoms with E-state index in [2.05, 4.69) is 10.6 Å². The van der Waals surface area contributed by atoms with Gasteiger partial charge in [-0.25, -0.2) is 4.39 Å². The summed E-state index contributed by atoms with van der Waals surface area (Å²) in [5, 5.41) is 5.94. The van der Waals surface area contributed by atoms with E-state index in [1.807, 2.05) is 19.1 Å². The van der Waals surface area contributed by atoms with Crippen molar-refractivity contribution in [1.82, 2.24) is 5.32 Å². The molecule has 1 saturated heterocycles. The predicted molar refractivity (Wildman–Crippen MR) is 100 cm³/mol. The Morgan fingerprint density at radius 1 is 1.26 bits per heavy atom. The second kappa shape index (κ2) is 8.83. The van der Waals surface area contributed by atoms with E-state index in [-0.39, 0.29) is 24.1 Å². The lowest BCUT2D eigenvalue weighted by atomic mass is 10.2. The Morgan fingerprint density at radius 3 is 2.81 bits per heavy atom. The zero-order valence-electron chi connectivity index (χ0n) is 15.4. The molecule has 2 aromatic carbocycles. The molecule has 1 amide bonds. The molecule has 6 nitrogen and oxygen atoms in total. The summed E-state index contributed by atoms with van der Waals surface area (Å²) in [5.41, 5.74) is 1.29. The van der Waals surface area contributed by atoms with Crippen LogP contribution in [0, 0.1) is 12.7 Å². The van der Waals surface area contributed by atoms with Gasteiger partial charge in [-0.05, 0) is 36.8 Å². The van der Waals surface area contributed by atoms with Crippen LogP contribution in [0.3, 0.4) is 0 Å². The van der Waals surface area contributed by atoms with Gasteiger partial charge in [-0.15, -0.1) is 0 Å². The summed E-state index contributed by atoms with van der Waals surface area (Å²) in [6.07, 6.45) is 0.226. The molecule has 1 unspecified atom stereocenters. The molecule has 1 aliphatic rings. The lowest BCUT2D eigenvalue weighted by Gasteiger charge is -2.23. The highest BCUT2D eigenvalue weighted by molar-refractivity contribution is 5.92. The molecule has 0 bridgehead atoms. The number of aryl methyl sites for hydroxylation is 1. The molecule has 0 saturated carbocycles. The molecule has 1 heterocycles. The maximum Gasteiger partial charge on any atom is 0.226 e. The zero-order chi connectivity index (χ0) is 19.2. The van der Waals surface area contributed by atoms with Crippen LogP contribution in [0.5, 0.6) is 17.2 Å². The van der Waals surface area contributed by atoms with Gasteiger partial charge in [0.15, 0.2) is 17.2 Å². The first-order chi connectivity index (χ1) is 13.0. The third-order valence-electron chi connectivity index (χ3n) is 4.18. The summed E-state index contributed by atoms with van der Waals surface area (Å²) in [5.74, 6) is 0.657. The molecular weight excluding hydrogens is 351 g/mol. The van der Waals surface area contributed by atoms with Crippen molar-refractivity contribution in [3.8, 4) is 17.2 Å². The Balaban J connectivity index is 1.75. The summed E-state index contributed by atoms with van der Waals surface area (Å²) >= 11 is 0. The fourth-order valence-electron chi connectivity index (χ4n) is 2.84. The van der Waals surface area contributed by atoms with Crippen molar-refractivity contribution in [2.45, 2.75) is 19.4 Å². The molecule has 2 N–H and O–H groups in total. The van der Waals surface area contributed by atoms with Crippen LogP contribution >= 0.6 is 0 Å². The fraction of sp³-hybridized carbons (Fsp3) is 0.350.